The topological polar surface area (TPSA) is 111 Å². The van der Waals surface area contributed by atoms with Crippen LogP contribution in [-0.4, -0.2) is 71.5 Å². The second-order valence-corrected chi connectivity index (χ2v) is 10.9. The Labute approximate surface area is 260 Å². The second-order valence-electron chi connectivity index (χ2n) is 10.9. The van der Waals surface area contributed by atoms with Gasteiger partial charge in [-0.25, -0.2) is 14.4 Å². The van der Waals surface area contributed by atoms with Gasteiger partial charge in [-0.05, 0) is 54.4 Å². The lowest BCUT2D eigenvalue weighted by molar-refractivity contribution is -0.143. The molecule has 1 atom stereocenters. The smallest absolute Gasteiger partial charge is 0.330 e. The summed E-state index contributed by atoms with van der Waals surface area (Å²) in [6.07, 6.45) is 0.110. The number of ether oxygens (including phenoxy) is 1. The summed E-state index contributed by atoms with van der Waals surface area (Å²) < 4.78 is 5.59. The number of para-hydroxylation sites is 5. The molecule has 4 amide bonds. The molecule has 1 fully saturated rings. The van der Waals surface area contributed by atoms with Crippen molar-refractivity contribution in [3.8, 4) is 5.75 Å². The van der Waals surface area contributed by atoms with Gasteiger partial charge in [0.1, 0.15) is 11.8 Å². The predicted molar refractivity (Wildman–Crippen MR) is 170 cm³/mol. The summed E-state index contributed by atoms with van der Waals surface area (Å²) >= 11 is 0. The summed E-state index contributed by atoms with van der Waals surface area (Å²) in [4.78, 5) is 60.3. The Kier molecular flexibility index (Phi) is 7.95. The second kappa shape index (κ2) is 12.2. The maximum Gasteiger partial charge on any atom is 0.330 e. The average molecular weight is 605 g/mol. The molecule has 10 nitrogen and oxygen atoms in total. The van der Waals surface area contributed by atoms with Crippen LogP contribution in [0.1, 0.15) is 21.5 Å². The first-order chi connectivity index (χ1) is 21.8. The number of carboxylic acid groups (broad SMARTS) is 1. The highest BCUT2D eigenvalue weighted by Crippen LogP contribution is 2.39. The molecule has 0 bridgehead atoms. The first-order valence-electron chi connectivity index (χ1n) is 14.6. The quantitative estimate of drug-likeness (QED) is 0.305. The van der Waals surface area contributed by atoms with Crippen LogP contribution in [0.15, 0.2) is 97.1 Å². The molecule has 0 saturated carbocycles. The number of fused-ring (bicyclic) bond motifs is 2. The number of anilines is 4. The maximum atomic E-state index is 14.4. The van der Waals surface area contributed by atoms with E-state index in [2.05, 4.69) is 0 Å². The van der Waals surface area contributed by atoms with E-state index in [0.717, 1.165) is 5.56 Å². The van der Waals surface area contributed by atoms with Crippen LogP contribution in [-0.2, 0) is 11.2 Å². The minimum Gasteiger partial charge on any atom is -0.495 e. The number of amides is 4. The van der Waals surface area contributed by atoms with Gasteiger partial charge in [0.25, 0.3) is 0 Å². The van der Waals surface area contributed by atoms with Gasteiger partial charge in [0.15, 0.2) is 5.78 Å². The normalized spacial score (nSPS) is 15.9. The van der Waals surface area contributed by atoms with Gasteiger partial charge in [0, 0.05) is 25.1 Å². The summed E-state index contributed by atoms with van der Waals surface area (Å²) in [5, 5.41) is 10.4. The molecular formula is C35H32N4O6. The molecule has 4 aromatic carbocycles. The number of ketones is 1. The third-order valence-corrected chi connectivity index (χ3v) is 8.28. The molecule has 0 spiro atoms. The number of piperazine rings is 1. The van der Waals surface area contributed by atoms with Crippen LogP contribution in [0.2, 0.25) is 0 Å². The molecule has 0 radical (unpaired) electrons. The van der Waals surface area contributed by atoms with Crippen LogP contribution >= 0.6 is 0 Å². The molecule has 2 aliphatic heterocycles. The standard InChI is InChI=1S/C35H32N4O6/c1-23-11-3-6-14-26(23)38(29-17-9-10-18-32(29)45-2)34(43)36-19-20-37(30(22-36)33(41)42)35(44)39-27-15-7-4-12-24(27)21-31(40)25-13-5-8-16-28(25)39/h3-18,30H,19-22H2,1-2H3,(H,41,42)/t30-/m0/s1. The fourth-order valence-corrected chi connectivity index (χ4v) is 6.02. The van der Waals surface area contributed by atoms with Crippen molar-refractivity contribution in [2.75, 3.05) is 36.5 Å². The SMILES string of the molecule is COc1ccccc1N(C(=O)N1CCN(C(=O)N2c3ccccc3CC(=O)c3ccccc32)[C@H](C(=O)O)C1)c1ccccc1C. The number of nitrogens with zero attached hydrogens (tertiary/aromatic N) is 4. The van der Waals surface area contributed by atoms with Crippen molar-refractivity contribution in [3.63, 3.8) is 0 Å². The number of carbonyl (C=O) groups is 4. The summed E-state index contributed by atoms with van der Waals surface area (Å²) in [5.41, 5.74) is 3.93. The molecule has 1 saturated heterocycles. The summed E-state index contributed by atoms with van der Waals surface area (Å²) in [5.74, 6) is -0.898. The largest absolute Gasteiger partial charge is 0.495 e. The van der Waals surface area contributed by atoms with E-state index in [1.54, 1.807) is 72.8 Å². The molecule has 228 valence electrons. The Balaban J connectivity index is 1.36. The van der Waals surface area contributed by atoms with Crippen LogP contribution in [0.5, 0.6) is 5.75 Å². The Morgan fingerprint density at radius 1 is 0.822 bits per heavy atom. The van der Waals surface area contributed by atoms with E-state index in [9.17, 15) is 24.3 Å². The molecule has 0 aromatic heterocycles. The first kappa shape index (κ1) is 29.4. The molecule has 10 heteroatoms. The minimum atomic E-state index is -1.34. The highest BCUT2D eigenvalue weighted by atomic mass is 16.5. The summed E-state index contributed by atoms with van der Waals surface area (Å²) in [6.45, 7) is 1.70. The van der Waals surface area contributed by atoms with E-state index >= 15 is 0 Å². The third-order valence-electron chi connectivity index (χ3n) is 8.28. The number of aliphatic carboxylic acids is 1. The van der Waals surface area contributed by atoms with Gasteiger partial charge >= 0.3 is 18.0 Å². The van der Waals surface area contributed by atoms with Gasteiger partial charge in [-0.2, -0.15) is 0 Å². The van der Waals surface area contributed by atoms with Crippen LogP contribution in [0.25, 0.3) is 0 Å². The van der Waals surface area contributed by atoms with E-state index < -0.39 is 24.1 Å². The molecule has 0 aliphatic carbocycles. The average Bonchev–Trinajstić information content (AvgIpc) is 3.19. The van der Waals surface area contributed by atoms with E-state index in [1.165, 1.54) is 26.7 Å². The molecule has 2 aliphatic rings. The number of aryl methyl sites for hydroxylation is 1. The van der Waals surface area contributed by atoms with Gasteiger partial charge in [-0.3, -0.25) is 14.6 Å². The van der Waals surface area contributed by atoms with Crippen molar-refractivity contribution < 1.29 is 29.0 Å². The Morgan fingerprint density at radius 2 is 1.47 bits per heavy atom. The number of benzene rings is 4. The van der Waals surface area contributed by atoms with Crippen molar-refractivity contribution in [2.45, 2.75) is 19.4 Å². The lowest BCUT2D eigenvalue weighted by Crippen LogP contribution is -2.62. The van der Waals surface area contributed by atoms with Gasteiger partial charge in [0.05, 0.1) is 36.4 Å². The number of rotatable bonds is 4. The number of hydrogen-bond acceptors (Lipinski definition) is 5. The zero-order chi connectivity index (χ0) is 31.7. The number of methoxy groups -OCH3 is 1. The lowest BCUT2D eigenvalue weighted by Gasteiger charge is -2.43. The highest BCUT2D eigenvalue weighted by Gasteiger charge is 2.42. The van der Waals surface area contributed by atoms with Crippen molar-refractivity contribution >= 4 is 46.6 Å². The van der Waals surface area contributed by atoms with Gasteiger partial charge < -0.3 is 19.6 Å². The van der Waals surface area contributed by atoms with Crippen LogP contribution < -0.4 is 14.5 Å². The Morgan fingerprint density at radius 3 is 2.20 bits per heavy atom. The Hall–Kier alpha value is -5.64. The van der Waals surface area contributed by atoms with Crippen LogP contribution in [0.4, 0.5) is 32.3 Å². The van der Waals surface area contributed by atoms with Crippen molar-refractivity contribution in [1.29, 1.82) is 0 Å². The molecule has 6 rings (SSSR count). The van der Waals surface area contributed by atoms with E-state index in [0.29, 0.717) is 39.6 Å². The molecule has 0 unspecified atom stereocenters. The molecule has 4 aromatic rings. The van der Waals surface area contributed by atoms with Crippen LogP contribution in [0.3, 0.4) is 0 Å². The van der Waals surface area contributed by atoms with Crippen molar-refractivity contribution in [2.24, 2.45) is 0 Å². The van der Waals surface area contributed by atoms with Gasteiger partial charge in [-0.15, -0.1) is 0 Å². The summed E-state index contributed by atoms with van der Waals surface area (Å²) in [6, 6.07) is 26.2. The van der Waals surface area contributed by atoms with Crippen LogP contribution in [0, 0.1) is 6.92 Å². The molecule has 45 heavy (non-hydrogen) atoms. The van der Waals surface area contributed by atoms with Gasteiger partial charge in [0.2, 0.25) is 0 Å². The zero-order valence-electron chi connectivity index (χ0n) is 24.9. The van der Waals surface area contributed by atoms with E-state index in [-0.39, 0.29) is 31.8 Å². The van der Waals surface area contributed by atoms with Crippen molar-refractivity contribution in [1.82, 2.24) is 9.80 Å². The first-order valence-corrected chi connectivity index (χ1v) is 14.6. The number of carbonyl (C=O) groups excluding carboxylic acids is 3. The molecule has 2 heterocycles. The molecular weight excluding hydrogens is 572 g/mol. The zero-order valence-corrected chi connectivity index (χ0v) is 24.9. The minimum absolute atomic E-state index is 0.0378. The molecule has 1 N–H and O–H groups in total. The Bertz CT molecular complexity index is 1810. The highest BCUT2D eigenvalue weighted by molar-refractivity contribution is 6.12. The number of Topliss-reactive ketones (excluding diaryl/α,β-unsaturated/α-hetero) is 1. The lowest BCUT2D eigenvalue weighted by atomic mass is 10.0. The number of urea groups is 2. The maximum absolute atomic E-state index is 14.4. The van der Waals surface area contributed by atoms with Gasteiger partial charge in [-0.1, -0.05) is 60.7 Å². The van der Waals surface area contributed by atoms with E-state index in [4.69, 9.17) is 4.74 Å². The number of carboxylic acids is 1. The van der Waals surface area contributed by atoms with Crippen molar-refractivity contribution in [3.05, 3.63) is 114 Å². The monoisotopic (exact) mass is 604 g/mol. The fraction of sp³-hybridized carbons (Fsp3) is 0.200. The van der Waals surface area contributed by atoms with E-state index in [1.807, 2.05) is 31.2 Å². The fourth-order valence-electron chi connectivity index (χ4n) is 6.02. The summed E-state index contributed by atoms with van der Waals surface area (Å²) in [7, 11) is 1.52. The predicted octanol–water partition coefficient (Wildman–Crippen LogP) is 6.03. The number of hydrogen-bond donors (Lipinski definition) is 1. The third kappa shape index (κ3) is 5.35.